The van der Waals surface area contributed by atoms with Crippen molar-refractivity contribution in [1.82, 2.24) is 5.32 Å². The number of carbonyl (C=O) groups excluding carboxylic acids is 1. The maximum Gasteiger partial charge on any atom is 0.308 e. The van der Waals surface area contributed by atoms with Gasteiger partial charge in [0.1, 0.15) is 17.8 Å². The maximum atomic E-state index is 12.0. The number of amides is 1. The van der Waals surface area contributed by atoms with Gasteiger partial charge in [0.05, 0.1) is 18.1 Å². The van der Waals surface area contributed by atoms with Gasteiger partial charge in [-0.05, 0) is 44.0 Å². The van der Waals surface area contributed by atoms with Crippen LogP contribution in [0.5, 0.6) is 5.75 Å². The van der Waals surface area contributed by atoms with Gasteiger partial charge in [0.15, 0.2) is 0 Å². The highest BCUT2D eigenvalue weighted by Crippen LogP contribution is 2.15. The van der Waals surface area contributed by atoms with E-state index in [0.29, 0.717) is 24.4 Å². The second kappa shape index (κ2) is 8.19. The van der Waals surface area contributed by atoms with Crippen molar-refractivity contribution in [3.8, 4) is 5.75 Å². The fourth-order valence-corrected chi connectivity index (χ4v) is 2.30. The molecule has 1 unspecified atom stereocenters. The molecule has 1 heterocycles. The minimum atomic E-state index is -0.951. The second-order valence-electron chi connectivity index (χ2n) is 5.47. The van der Waals surface area contributed by atoms with Crippen LogP contribution in [0, 0.1) is 12.8 Å². The molecule has 0 aliphatic rings. The molecule has 1 amide bonds. The second-order valence-corrected chi connectivity index (χ2v) is 5.47. The molecule has 2 aromatic rings. The van der Waals surface area contributed by atoms with Gasteiger partial charge in [0.25, 0.3) is 5.91 Å². The Morgan fingerprint density at radius 3 is 2.54 bits per heavy atom. The highest BCUT2D eigenvalue weighted by molar-refractivity contribution is 5.94. The molecule has 0 saturated carbocycles. The molecule has 0 radical (unpaired) electrons. The number of hydrogen-bond acceptors (Lipinski definition) is 4. The predicted molar refractivity (Wildman–Crippen MR) is 88.2 cm³/mol. The molecule has 1 aromatic carbocycles. The van der Waals surface area contributed by atoms with Crippen molar-refractivity contribution in [2.24, 2.45) is 5.92 Å². The highest BCUT2D eigenvalue weighted by atomic mass is 16.5. The summed E-state index contributed by atoms with van der Waals surface area (Å²) < 4.78 is 10.4. The minimum Gasteiger partial charge on any atom is -0.494 e. The monoisotopic (exact) mass is 331 g/mol. The van der Waals surface area contributed by atoms with Gasteiger partial charge in [-0.1, -0.05) is 12.1 Å². The molecule has 0 aliphatic carbocycles. The van der Waals surface area contributed by atoms with Gasteiger partial charge < -0.3 is 19.6 Å². The Bertz CT molecular complexity index is 690. The van der Waals surface area contributed by atoms with Crippen molar-refractivity contribution >= 4 is 11.9 Å². The third-order valence-electron chi connectivity index (χ3n) is 3.57. The van der Waals surface area contributed by atoms with Crippen LogP contribution in [0.2, 0.25) is 0 Å². The third-order valence-corrected chi connectivity index (χ3v) is 3.57. The molecule has 2 N–H and O–H groups in total. The van der Waals surface area contributed by atoms with Crippen molar-refractivity contribution in [1.29, 1.82) is 0 Å². The number of ether oxygens (including phenoxy) is 1. The molecule has 1 atom stereocenters. The van der Waals surface area contributed by atoms with Crippen molar-refractivity contribution < 1.29 is 23.8 Å². The fraction of sp³-hybridized carbons (Fsp3) is 0.333. The lowest BCUT2D eigenvalue weighted by atomic mass is 9.99. The summed E-state index contributed by atoms with van der Waals surface area (Å²) in [5.41, 5.74) is 1.26. The summed E-state index contributed by atoms with van der Waals surface area (Å²) in [7, 11) is 0. The Hall–Kier alpha value is -2.76. The molecule has 0 fully saturated rings. The number of aliphatic carboxylic acids is 1. The number of nitrogens with one attached hydrogen (secondary N) is 1. The van der Waals surface area contributed by atoms with Gasteiger partial charge in [-0.25, -0.2) is 0 Å². The van der Waals surface area contributed by atoms with Crippen LogP contribution >= 0.6 is 0 Å². The van der Waals surface area contributed by atoms with Crippen LogP contribution in [0.25, 0.3) is 0 Å². The van der Waals surface area contributed by atoms with E-state index in [1.54, 1.807) is 13.0 Å². The average Bonchev–Trinajstić information content (AvgIpc) is 2.99. The summed E-state index contributed by atoms with van der Waals surface area (Å²) in [6, 6.07) is 8.90. The van der Waals surface area contributed by atoms with E-state index in [0.717, 1.165) is 11.3 Å². The van der Waals surface area contributed by atoms with Crippen LogP contribution in [0.1, 0.15) is 28.6 Å². The largest absolute Gasteiger partial charge is 0.494 e. The number of carbonyl (C=O) groups is 2. The van der Waals surface area contributed by atoms with E-state index >= 15 is 0 Å². The van der Waals surface area contributed by atoms with Crippen LogP contribution in [0.3, 0.4) is 0 Å². The Morgan fingerprint density at radius 2 is 2.00 bits per heavy atom. The predicted octanol–water partition coefficient (Wildman–Crippen LogP) is 2.66. The van der Waals surface area contributed by atoms with Crippen LogP contribution in [-0.4, -0.2) is 30.1 Å². The Balaban J connectivity index is 1.94. The quantitative estimate of drug-likeness (QED) is 0.776. The first-order chi connectivity index (χ1) is 11.5. The number of carboxylic acids is 1. The van der Waals surface area contributed by atoms with Gasteiger partial charge in [0, 0.05) is 6.54 Å². The molecule has 0 spiro atoms. The molecular formula is C18H21NO5. The number of hydrogen-bond donors (Lipinski definition) is 2. The maximum absolute atomic E-state index is 12.0. The Labute approximate surface area is 140 Å². The summed E-state index contributed by atoms with van der Waals surface area (Å²) in [5, 5.41) is 12.0. The molecule has 6 heteroatoms. The Morgan fingerprint density at radius 1 is 1.29 bits per heavy atom. The summed E-state index contributed by atoms with van der Waals surface area (Å²) in [6.45, 7) is 4.27. The van der Waals surface area contributed by atoms with Crippen LogP contribution in [0.15, 0.2) is 41.0 Å². The van der Waals surface area contributed by atoms with Gasteiger partial charge >= 0.3 is 5.97 Å². The van der Waals surface area contributed by atoms with Crippen molar-refractivity contribution in [2.45, 2.75) is 20.3 Å². The number of aryl methyl sites for hydroxylation is 1. The lowest BCUT2D eigenvalue weighted by Crippen LogP contribution is -2.33. The Kier molecular flexibility index (Phi) is 6.01. The number of rotatable bonds is 8. The molecule has 6 nitrogen and oxygen atoms in total. The molecule has 0 aliphatic heterocycles. The van der Waals surface area contributed by atoms with Crippen molar-refractivity contribution in [3.63, 3.8) is 0 Å². The van der Waals surface area contributed by atoms with Gasteiger partial charge in [0.2, 0.25) is 0 Å². The summed E-state index contributed by atoms with van der Waals surface area (Å²) in [4.78, 5) is 23.4. The molecule has 24 heavy (non-hydrogen) atoms. The topological polar surface area (TPSA) is 88.8 Å². The highest BCUT2D eigenvalue weighted by Gasteiger charge is 2.20. The van der Waals surface area contributed by atoms with Gasteiger partial charge in [-0.15, -0.1) is 0 Å². The molecule has 0 bridgehead atoms. The molecular weight excluding hydrogens is 310 g/mol. The lowest BCUT2D eigenvalue weighted by molar-refractivity contribution is -0.141. The number of furan rings is 1. The molecule has 0 saturated heterocycles. The average molecular weight is 331 g/mol. The first-order valence-corrected chi connectivity index (χ1v) is 7.77. The third kappa shape index (κ3) is 4.87. The van der Waals surface area contributed by atoms with E-state index in [2.05, 4.69) is 5.32 Å². The zero-order chi connectivity index (χ0) is 17.5. The van der Waals surface area contributed by atoms with E-state index in [4.69, 9.17) is 9.15 Å². The summed E-state index contributed by atoms with van der Waals surface area (Å²) in [5.74, 6) is -0.627. The smallest absolute Gasteiger partial charge is 0.308 e. The van der Waals surface area contributed by atoms with Crippen molar-refractivity contribution in [2.75, 3.05) is 13.2 Å². The van der Waals surface area contributed by atoms with E-state index in [1.807, 2.05) is 31.2 Å². The van der Waals surface area contributed by atoms with E-state index in [1.165, 1.54) is 6.26 Å². The first kappa shape index (κ1) is 17.6. The van der Waals surface area contributed by atoms with E-state index in [-0.39, 0.29) is 12.5 Å². The molecule has 128 valence electrons. The van der Waals surface area contributed by atoms with Gasteiger partial charge in [-0.2, -0.15) is 0 Å². The van der Waals surface area contributed by atoms with Crippen LogP contribution in [-0.2, 0) is 11.2 Å². The molecule has 1 aromatic heterocycles. The zero-order valence-electron chi connectivity index (χ0n) is 13.7. The van der Waals surface area contributed by atoms with E-state index in [9.17, 15) is 14.7 Å². The lowest BCUT2D eigenvalue weighted by Gasteiger charge is -2.13. The zero-order valence-corrected chi connectivity index (χ0v) is 13.7. The van der Waals surface area contributed by atoms with Crippen molar-refractivity contribution in [3.05, 3.63) is 53.5 Å². The van der Waals surface area contributed by atoms with Crippen LogP contribution in [0.4, 0.5) is 0 Å². The SMILES string of the molecule is CCOc1ccc(CC(CNC(=O)c2coc(C)c2)C(=O)O)cc1. The standard InChI is InChI=1S/C18H21NO5/c1-3-23-16-6-4-13(5-7-16)9-14(18(21)22)10-19-17(20)15-8-12(2)24-11-15/h4-8,11,14H,3,9-10H2,1-2H3,(H,19,20)(H,21,22). The van der Waals surface area contributed by atoms with Gasteiger partial charge in [-0.3, -0.25) is 9.59 Å². The summed E-state index contributed by atoms with van der Waals surface area (Å²) >= 11 is 0. The normalized spacial score (nSPS) is 11.8. The molecule has 2 rings (SSSR count). The minimum absolute atomic E-state index is 0.0472. The van der Waals surface area contributed by atoms with Crippen LogP contribution < -0.4 is 10.1 Å². The number of carboxylic acid groups (broad SMARTS) is 1. The van der Waals surface area contributed by atoms with E-state index < -0.39 is 11.9 Å². The fourth-order valence-electron chi connectivity index (χ4n) is 2.30. The number of benzene rings is 1. The first-order valence-electron chi connectivity index (χ1n) is 7.77. The summed E-state index contributed by atoms with van der Waals surface area (Å²) in [6.07, 6.45) is 1.68.